The van der Waals surface area contributed by atoms with Crippen molar-refractivity contribution in [3.63, 3.8) is 0 Å². The van der Waals surface area contributed by atoms with E-state index in [0.29, 0.717) is 19.5 Å². The SMILES string of the molecule is CCNCC(=O)NCCCCC(F)(F)F. The molecule has 0 aliphatic heterocycles. The highest BCUT2D eigenvalue weighted by Gasteiger charge is 2.25. The lowest BCUT2D eigenvalue weighted by molar-refractivity contribution is -0.135. The molecule has 0 aliphatic rings. The number of alkyl halides is 3. The maximum absolute atomic E-state index is 11.7. The summed E-state index contributed by atoms with van der Waals surface area (Å²) >= 11 is 0. The Morgan fingerprint density at radius 3 is 2.47 bits per heavy atom. The minimum atomic E-state index is -4.09. The fourth-order valence-electron chi connectivity index (χ4n) is 0.979. The first-order valence-electron chi connectivity index (χ1n) is 5.00. The summed E-state index contributed by atoms with van der Waals surface area (Å²) in [5.74, 6) is -0.177. The van der Waals surface area contributed by atoms with Crippen LogP contribution in [0.1, 0.15) is 26.2 Å². The third-order valence-electron chi connectivity index (χ3n) is 1.74. The summed E-state index contributed by atoms with van der Waals surface area (Å²) in [6.07, 6.45) is -4.45. The summed E-state index contributed by atoms with van der Waals surface area (Å²) in [4.78, 5) is 11.0. The molecule has 0 aromatic rings. The van der Waals surface area contributed by atoms with Crippen molar-refractivity contribution in [2.45, 2.75) is 32.4 Å². The first-order chi connectivity index (χ1) is 6.95. The van der Waals surface area contributed by atoms with Gasteiger partial charge in [0.15, 0.2) is 0 Å². The van der Waals surface area contributed by atoms with Gasteiger partial charge in [0, 0.05) is 13.0 Å². The lowest BCUT2D eigenvalue weighted by Crippen LogP contribution is -2.34. The molecule has 90 valence electrons. The van der Waals surface area contributed by atoms with Gasteiger partial charge in [-0.15, -0.1) is 0 Å². The van der Waals surface area contributed by atoms with Gasteiger partial charge in [-0.05, 0) is 19.4 Å². The van der Waals surface area contributed by atoms with Crippen molar-refractivity contribution in [3.8, 4) is 0 Å². The quantitative estimate of drug-likeness (QED) is 0.645. The number of hydrogen-bond acceptors (Lipinski definition) is 2. The molecule has 0 fully saturated rings. The van der Waals surface area contributed by atoms with Crippen LogP contribution in [0.25, 0.3) is 0 Å². The second-order valence-electron chi connectivity index (χ2n) is 3.20. The fourth-order valence-corrected chi connectivity index (χ4v) is 0.979. The Balaban J connectivity index is 3.27. The molecule has 6 heteroatoms. The number of amides is 1. The Labute approximate surface area is 87.4 Å². The number of nitrogens with one attached hydrogen (secondary N) is 2. The third-order valence-corrected chi connectivity index (χ3v) is 1.74. The smallest absolute Gasteiger partial charge is 0.355 e. The van der Waals surface area contributed by atoms with Crippen LogP contribution < -0.4 is 10.6 Å². The van der Waals surface area contributed by atoms with Gasteiger partial charge in [0.05, 0.1) is 6.54 Å². The molecule has 0 aliphatic carbocycles. The van der Waals surface area contributed by atoms with E-state index < -0.39 is 12.6 Å². The highest BCUT2D eigenvalue weighted by atomic mass is 19.4. The third kappa shape index (κ3) is 11.1. The Hall–Kier alpha value is -0.780. The normalized spacial score (nSPS) is 11.5. The molecule has 15 heavy (non-hydrogen) atoms. The molecule has 0 atom stereocenters. The topological polar surface area (TPSA) is 41.1 Å². The van der Waals surface area contributed by atoms with E-state index in [-0.39, 0.29) is 18.9 Å². The number of halogens is 3. The van der Waals surface area contributed by atoms with Crippen molar-refractivity contribution >= 4 is 5.91 Å². The Morgan fingerprint density at radius 2 is 1.93 bits per heavy atom. The van der Waals surface area contributed by atoms with Crippen molar-refractivity contribution in [1.82, 2.24) is 10.6 Å². The molecule has 0 aromatic heterocycles. The monoisotopic (exact) mass is 226 g/mol. The number of hydrogen-bond donors (Lipinski definition) is 2. The van der Waals surface area contributed by atoms with Crippen LogP contribution in [0.5, 0.6) is 0 Å². The van der Waals surface area contributed by atoms with Crippen molar-refractivity contribution in [1.29, 1.82) is 0 Å². The zero-order valence-corrected chi connectivity index (χ0v) is 8.78. The number of carbonyl (C=O) groups is 1. The van der Waals surface area contributed by atoms with Crippen molar-refractivity contribution in [2.24, 2.45) is 0 Å². The van der Waals surface area contributed by atoms with Gasteiger partial charge in [0.1, 0.15) is 0 Å². The molecular weight excluding hydrogens is 209 g/mol. The predicted molar refractivity (Wildman–Crippen MR) is 51.5 cm³/mol. The standard InChI is InChI=1S/C9H17F3N2O/c1-2-13-7-8(15)14-6-4-3-5-9(10,11)12/h13H,2-7H2,1H3,(H,14,15). The van der Waals surface area contributed by atoms with Crippen LogP contribution in [0.15, 0.2) is 0 Å². The average molecular weight is 226 g/mol. The molecule has 3 nitrogen and oxygen atoms in total. The van der Waals surface area contributed by atoms with Crippen molar-refractivity contribution in [3.05, 3.63) is 0 Å². The van der Waals surface area contributed by atoms with Gasteiger partial charge in [0.2, 0.25) is 5.91 Å². The lowest BCUT2D eigenvalue weighted by Gasteiger charge is -2.07. The van der Waals surface area contributed by atoms with E-state index in [1.54, 1.807) is 0 Å². The lowest BCUT2D eigenvalue weighted by atomic mass is 10.2. The van der Waals surface area contributed by atoms with Gasteiger partial charge in [-0.1, -0.05) is 6.92 Å². The van der Waals surface area contributed by atoms with Gasteiger partial charge >= 0.3 is 6.18 Å². The first kappa shape index (κ1) is 14.2. The molecule has 1 amide bonds. The molecule has 0 bridgehead atoms. The largest absolute Gasteiger partial charge is 0.389 e. The van der Waals surface area contributed by atoms with Crippen LogP contribution in [0.4, 0.5) is 13.2 Å². The van der Waals surface area contributed by atoms with E-state index in [2.05, 4.69) is 10.6 Å². The van der Waals surface area contributed by atoms with E-state index >= 15 is 0 Å². The molecule has 0 saturated carbocycles. The minimum absolute atomic E-state index is 0.0605. The van der Waals surface area contributed by atoms with Crippen LogP contribution in [0, 0.1) is 0 Å². The molecule has 0 heterocycles. The molecule has 0 radical (unpaired) electrons. The van der Waals surface area contributed by atoms with Crippen LogP contribution >= 0.6 is 0 Å². The Bertz CT molecular complexity index is 183. The summed E-state index contributed by atoms with van der Waals surface area (Å²) in [6, 6.07) is 0. The van der Waals surface area contributed by atoms with E-state index in [0.717, 1.165) is 0 Å². The van der Waals surface area contributed by atoms with Crippen LogP contribution in [0.3, 0.4) is 0 Å². The number of carbonyl (C=O) groups excluding carboxylic acids is 1. The predicted octanol–water partition coefficient (Wildman–Crippen LogP) is 1.44. The second kappa shape index (κ2) is 7.50. The van der Waals surface area contributed by atoms with Crippen LogP contribution in [0.2, 0.25) is 0 Å². The average Bonchev–Trinajstić information content (AvgIpc) is 2.12. The van der Waals surface area contributed by atoms with Gasteiger partial charge in [-0.25, -0.2) is 0 Å². The van der Waals surface area contributed by atoms with E-state index in [9.17, 15) is 18.0 Å². The van der Waals surface area contributed by atoms with Gasteiger partial charge < -0.3 is 10.6 Å². The molecule has 0 spiro atoms. The van der Waals surface area contributed by atoms with E-state index in [1.165, 1.54) is 0 Å². The second-order valence-corrected chi connectivity index (χ2v) is 3.20. The zero-order valence-electron chi connectivity index (χ0n) is 8.78. The molecule has 0 aromatic carbocycles. The number of unbranched alkanes of at least 4 members (excludes halogenated alkanes) is 1. The number of rotatable bonds is 7. The molecule has 0 saturated heterocycles. The number of likely N-dealkylation sites (N-methyl/N-ethyl adjacent to an activating group) is 1. The van der Waals surface area contributed by atoms with E-state index in [4.69, 9.17) is 0 Å². The van der Waals surface area contributed by atoms with Crippen molar-refractivity contribution in [2.75, 3.05) is 19.6 Å². The summed E-state index contributed by atoms with van der Waals surface area (Å²) in [6.45, 7) is 3.09. The first-order valence-corrected chi connectivity index (χ1v) is 5.00. The van der Waals surface area contributed by atoms with Crippen LogP contribution in [-0.4, -0.2) is 31.7 Å². The van der Waals surface area contributed by atoms with Gasteiger partial charge in [-0.2, -0.15) is 13.2 Å². The summed E-state index contributed by atoms with van der Waals surface area (Å²) < 4.78 is 35.1. The van der Waals surface area contributed by atoms with Crippen molar-refractivity contribution < 1.29 is 18.0 Å². The highest BCUT2D eigenvalue weighted by Crippen LogP contribution is 2.21. The maximum Gasteiger partial charge on any atom is 0.389 e. The van der Waals surface area contributed by atoms with Gasteiger partial charge in [0.25, 0.3) is 0 Å². The Kier molecular flexibility index (Phi) is 7.11. The molecule has 0 rings (SSSR count). The summed E-state index contributed by atoms with van der Waals surface area (Å²) in [7, 11) is 0. The molecular formula is C9H17F3N2O. The van der Waals surface area contributed by atoms with Gasteiger partial charge in [-0.3, -0.25) is 4.79 Å². The highest BCUT2D eigenvalue weighted by molar-refractivity contribution is 5.77. The summed E-state index contributed by atoms with van der Waals surface area (Å²) in [5, 5.41) is 5.36. The van der Waals surface area contributed by atoms with Crippen LogP contribution in [-0.2, 0) is 4.79 Å². The molecule has 2 N–H and O–H groups in total. The van der Waals surface area contributed by atoms with E-state index in [1.807, 2.05) is 6.92 Å². The fraction of sp³-hybridized carbons (Fsp3) is 0.889. The maximum atomic E-state index is 11.7. The minimum Gasteiger partial charge on any atom is -0.355 e. The zero-order chi connectivity index (χ0) is 11.7. The summed E-state index contributed by atoms with van der Waals surface area (Å²) in [5.41, 5.74) is 0. The Morgan fingerprint density at radius 1 is 1.27 bits per heavy atom. The molecule has 0 unspecified atom stereocenters.